The van der Waals surface area contributed by atoms with Gasteiger partial charge in [-0.2, -0.15) is 0 Å². The maximum atomic E-state index is 13.1. The van der Waals surface area contributed by atoms with Crippen LogP contribution in [-0.2, 0) is 13.1 Å². The number of benzene rings is 2. The van der Waals surface area contributed by atoms with E-state index in [2.05, 4.69) is 4.90 Å². The van der Waals surface area contributed by atoms with E-state index in [1.807, 2.05) is 99.8 Å². The summed E-state index contributed by atoms with van der Waals surface area (Å²) in [6, 6.07) is 10.4. The average molecular weight is 425 g/mol. The largest absolute Gasteiger partial charge is 0.305 e. The minimum absolute atomic E-state index is 0.116. The Morgan fingerprint density at radius 1 is 0.633 bits per heavy atom. The van der Waals surface area contributed by atoms with Crippen molar-refractivity contribution in [2.45, 2.75) is 68.5 Å². The summed E-state index contributed by atoms with van der Waals surface area (Å²) >= 11 is 0. The molecule has 174 valence electrons. The molecule has 2 nitrogen and oxygen atoms in total. The van der Waals surface area contributed by atoms with Gasteiger partial charge in [-0.05, 0) is 65.3 Å². The van der Waals surface area contributed by atoms with Crippen LogP contribution in [0.15, 0.2) is 36.4 Å². The van der Waals surface area contributed by atoms with Crippen LogP contribution in [0.1, 0.15) is 63.8 Å². The predicted molar refractivity (Wildman–Crippen MR) is 131 cm³/mol. The van der Waals surface area contributed by atoms with Gasteiger partial charge in [-0.25, -0.2) is 8.78 Å². The standard InChI is InChI=1S/2C10H14FN.3C2H6/c1-8-6-9(7-12(2)3)4-5-10(8)11;1-8-4-5-10(11)9(6-8)7-12(2)3;3*1-2/h2*4-6H,7H2,1-3H3;3*1-2H3. The Bertz CT molecular complexity index is 653. The summed E-state index contributed by atoms with van der Waals surface area (Å²) in [5, 5.41) is 0. The highest BCUT2D eigenvalue weighted by Gasteiger charge is 2.02. The van der Waals surface area contributed by atoms with Gasteiger partial charge in [0.1, 0.15) is 11.6 Å². The van der Waals surface area contributed by atoms with Crippen molar-refractivity contribution < 1.29 is 8.78 Å². The molecule has 0 bridgehead atoms. The van der Waals surface area contributed by atoms with Crippen molar-refractivity contribution in [1.82, 2.24) is 9.80 Å². The molecule has 0 heterocycles. The van der Waals surface area contributed by atoms with Crippen LogP contribution < -0.4 is 0 Å². The van der Waals surface area contributed by atoms with Crippen LogP contribution in [0.3, 0.4) is 0 Å². The summed E-state index contributed by atoms with van der Waals surface area (Å²) in [6.07, 6.45) is 0. The number of halogens is 2. The molecule has 0 atom stereocenters. The zero-order chi connectivity index (χ0) is 24.3. The maximum Gasteiger partial charge on any atom is 0.127 e. The van der Waals surface area contributed by atoms with Gasteiger partial charge >= 0.3 is 0 Å². The number of nitrogens with zero attached hydrogens (tertiary/aromatic N) is 2. The lowest BCUT2D eigenvalue weighted by molar-refractivity contribution is 0.392. The molecular formula is C26H46F2N2. The third-order valence-electron chi connectivity index (χ3n) is 3.41. The Morgan fingerprint density at radius 2 is 1.10 bits per heavy atom. The summed E-state index contributed by atoms with van der Waals surface area (Å²) in [5.74, 6) is -0.244. The second-order valence-electron chi connectivity index (χ2n) is 6.65. The van der Waals surface area contributed by atoms with E-state index in [9.17, 15) is 8.78 Å². The van der Waals surface area contributed by atoms with E-state index in [1.165, 1.54) is 12.1 Å². The van der Waals surface area contributed by atoms with Crippen molar-refractivity contribution in [2.24, 2.45) is 0 Å². The molecule has 0 aliphatic rings. The zero-order valence-electron chi connectivity index (χ0n) is 21.5. The minimum Gasteiger partial charge on any atom is -0.305 e. The number of hydrogen-bond donors (Lipinski definition) is 0. The van der Waals surface area contributed by atoms with Gasteiger partial charge in [0, 0.05) is 18.7 Å². The molecule has 0 radical (unpaired) electrons. The topological polar surface area (TPSA) is 6.48 Å². The first-order chi connectivity index (χ1) is 14.2. The highest BCUT2D eigenvalue weighted by atomic mass is 19.1. The zero-order valence-corrected chi connectivity index (χ0v) is 21.5. The highest BCUT2D eigenvalue weighted by Crippen LogP contribution is 2.11. The van der Waals surface area contributed by atoms with E-state index < -0.39 is 0 Å². The molecule has 0 aromatic heterocycles. The van der Waals surface area contributed by atoms with Crippen LogP contribution in [0, 0.1) is 25.5 Å². The van der Waals surface area contributed by atoms with Crippen LogP contribution >= 0.6 is 0 Å². The average Bonchev–Trinajstić information content (AvgIpc) is 2.72. The van der Waals surface area contributed by atoms with Crippen LogP contribution in [0.25, 0.3) is 0 Å². The molecular weight excluding hydrogens is 378 g/mol. The fourth-order valence-electron chi connectivity index (χ4n) is 2.34. The molecule has 4 heteroatoms. The number of rotatable bonds is 4. The Kier molecular flexibility index (Phi) is 22.5. The summed E-state index contributed by atoms with van der Waals surface area (Å²) in [5.41, 5.74) is 3.74. The molecule has 0 spiro atoms. The van der Waals surface area contributed by atoms with Crippen LogP contribution in [-0.4, -0.2) is 38.0 Å². The Balaban J connectivity index is -0.000000389. The van der Waals surface area contributed by atoms with Crippen molar-refractivity contribution in [1.29, 1.82) is 0 Å². The molecule has 0 saturated heterocycles. The number of hydrogen-bond acceptors (Lipinski definition) is 2. The molecule has 2 aromatic rings. The third-order valence-corrected chi connectivity index (χ3v) is 3.41. The first kappa shape index (κ1) is 32.9. The van der Waals surface area contributed by atoms with E-state index in [0.29, 0.717) is 12.1 Å². The normalized spacial score (nSPS) is 9.20. The van der Waals surface area contributed by atoms with Gasteiger partial charge in [-0.1, -0.05) is 71.4 Å². The molecule has 0 N–H and O–H groups in total. The Morgan fingerprint density at radius 3 is 1.53 bits per heavy atom. The van der Waals surface area contributed by atoms with E-state index in [4.69, 9.17) is 0 Å². The van der Waals surface area contributed by atoms with Gasteiger partial charge in [0.2, 0.25) is 0 Å². The first-order valence-electron chi connectivity index (χ1n) is 11.0. The number of aryl methyl sites for hydroxylation is 2. The first-order valence-corrected chi connectivity index (χ1v) is 11.0. The van der Waals surface area contributed by atoms with Crippen molar-refractivity contribution in [2.75, 3.05) is 28.2 Å². The van der Waals surface area contributed by atoms with E-state index in [1.54, 1.807) is 13.0 Å². The second-order valence-corrected chi connectivity index (χ2v) is 6.65. The quantitative estimate of drug-likeness (QED) is 0.502. The maximum absolute atomic E-state index is 13.1. The minimum atomic E-state index is -0.127. The van der Waals surface area contributed by atoms with Gasteiger partial charge in [-0.3, -0.25) is 0 Å². The smallest absolute Gasteiger partial charge is 0.127 e. The fraction of sp³-hybridized carbons (Fsp3) is 0.538. The van der Waals surface area contributed by atoms with Crippen molar-refractivity contribution in [3.63, 3.8) is 0 Å². The van der Waals surface area contributed by atoms with E-state index in [0.717, 1.165) is 23.2 Å². The fourth-order valence-corrected chi connectivity index (χ4v) is 2.34. The van der Waals surface area contributed by atoms with Crippen LogP contribution in [0.2, 0.25) is 0 Å². The lowest BCUT2D eigenvalue weighted by Gasteiger charge is -2.10. The highest BCUT2D eigenvalue weighted by molar-refractivity contribution is 5.24. The van der Waals surface area contributed by atoms with Crippen LogP contribution in [0.4, 0.5) is 8.78 Å². The van der Waals surface area contributed by atoms with Gasteiger partial charge in [-0.15, -0.1) is 0 Å². The lowest BCUT2D eigenvalue weighted by Crippen LogP contribution is -2.11. The molecule has 0 amide bonds. The summed E-state index contributed by atoms with van der Waals surface area (Å²) in [7, 11) is 7.86. The molecule has 0 aliphatic carbocycles. The SMILES string of the molecule is CC.CC.CC.Cc1cc(CN(C)C)ccc1F.Cc1ccc(F)c(CN(C)C)c1. The Hall–Kier alpha value is -1.78. The van der Waals surface area contributed by atoms with Gasteiger partial charge in [0.05, 0.1) is 0 Å². The summed E-state index contributed by atoms with van der Waals surface area (Å²) < 4.78 is 25.9. The summed E-state index contributed by atoms with van der Waals surface area (Å²) in [6.45, 7) is 17.3. The van der Waals surface area contributed by atoms with Crippen molar-refractivity contribution >= 4 is 0 Å². The van der Waals surface area contributed by atoms with Crippen LogP contribution in [0.5, 0.6) is 0 Å². The van der Waals surface area contributed by atoms with E-state index >= 15 is 0 Å². The van der Waals surface area contributed by atoms with Gasteiger partial charge in [0.15, 0.2) is 0 Å². The Labute approximate surface area is 185 Å². The van der Waals surface area contributed by atoms with E-state index in [-0.39, 0.29) is 11.6 Å². The van der Waals surface area contributed by atoms with Crippen molar-refractivity contribution in [3.05, 3.63) is 70.3 Å². The molecule has 0 unspecified atom stereocenters. The third kappa shape index (κ3) is 16.1. The molecule has 2 rings (SSSR count). The van der Waals surface area contributed by atoms with Gasteiger partial charge in [0.25, 0.3) is 0 Å². The van der Waals surface area contributed by atoms with Crippen molar-refractivity contribution in [3.8, 4) is 0 Å². The molecule has 0 saturated carbocycles. The molecule has 0 fully saturated rings. The van der Waals surface area contributed by atoms with Gasteiger partial charge < -0.3 is 9.80 Å². The second kappa shape index (κ2) is 20.5. The monoisotopic (exact) mass is 424 g/mol. The molecule has 30 heavy (non-hydrogen) atoms. The molecule has 2 aromatic carbocycles. The lowest BCUT2D eigenvalue weighted by atomic mass is 10.1. The predicted octanol–water partition coefficient (Wildman–Crippen LogP) is 7.47. The summed E-state index contributed by atoms with van der Waals surface area (Å²) in [4.78, 5) is 4.02. The molecule has 0 aliphatic heterocycles.